The molecular weight excluding hydrogens is 419 g/mol. The van der Waals surface area contributed by atoms with Crippen LogP contribution >= 0.6 is 0 Å². The number of hydrogen-bond acceptors (Lipinski definition) is 5. The van der Waals surface area contributed by atoms with Gasteiger partial charge in [0.1, 0.15) is 11.4 Å². The Morgan fingerprint density at radius 1 is 1.16 bits per heavy atom. The molecule has 31 heavy (non-hydrogen) atoms. The number of imide groups is 1. The first-order chi connectivity index (χ1) is 14.6. The number of rotatable bonds is 6. The van der Waals surface area contributed by atoms with Crippen LogP contribution in [-0.2, 0) is 11.0 Å². The van der Waals surface area contributed by atoms with E-state index in [0.717, 1.165) is 11.0 Å². The van der Waals surface area contributed by atoms with Crippen LogP contribution in [0.25, 0.3) is 6.08 Å². The fourth-order valence-corrected chi connectivity index (χ4v) is 2.85. The highest BCUT2D eigenvalue weighted by Gasteiger charge is 2.34. The monoisotopic (exact) mass is 435 g/mol. The van der Waals surface area contributed by atoms with Gasteiger partial charge >= 0.3 is 17.9 Å². The summed E-state index contributed by atoms with van der Waals surface area (Å²) in [5.41, 5.74) is -1.34. The minimum absolute atomic E-state index is 0.102. The molecule has 162 valence electrons. The molecule has 8 nitrogen and oxygen atoms in total. The Balaban J connectivity index is 1.80. The van der Waals surface area contributed by atoms with Gasteiger partial charge in [-0.15, -0.1) is 0 Å². The predicted molar refractivity (Wildman–Crippen MR) is 103 cm³/mol. The molecule has 1 aliphatic heterocycles. The van der Waals surface area contributed by atoms with Crippen molar-refractivity contribution in [2.45, 2.75) is 19.5 Å². The molecule has 0 spiro atoms. The quantitative estimate of drug-likeness (QED) is 0.307. The largest absolute Gasteiger partial charge is 0.450 e. The van der Waals surface area contributed by atoms with Gasteiger partial charge < -0.3 is 10.1 Å². The highest BCUT2D eigenvalue weighted by atomic mass is 19.4. The average molecular weight is 435 g/mol. The molecule has 2 aromatic rings. The maximum Gasteiger partial charge on any atom is 0.416 e. The third kappa shape index (κ3) is 4.82. The van der Waals surface area contributed by atoms with Crippen molar-refractivity contribution in [2.24, 2.45) is 0 Å². The SMILES string of the molecule is CCCN1C(=O)N/C(=C/c2ccc(Oc3ccc(C(F)(F)F)cc3[N+](=O)[O-])cc2)C1=O. The molecule has 1 saturated heterocycles. The van der Waals surface area contributed by atoms with Gasteiger partial charge in [-0.1, -0.05) is 19.1 Å². The molecule has 0 aromatic heterocycles. The Bertz CT molecular complexity index is 1060. The topological polar surface area (TPSA) is 102 Å². The smallest absolute Gasteiger partial charge is 0.416 e. The number of amides is 3. The maximum absolute atomic E-state index is 12.8. The summed E-state index contributed by atoms with van der Waals surface area (Å²) >= 11 is 0. The van der Waals surface area contributed by atoms with Crippen molar-refractivity contribution in [3.8, 4) is 11.5 Å². The van der Waals surface area contributed by atoms with Gasteiger partial charge in [0.05, 0.1) is 10.5 Å². The molecule has 3 amide bonds. The first-order valence-electron chi connectivity index (χ1n) is 9.08. The molecule has 3 rings (SSSR count). The number of benzene rings is 2. The summed E-state index contributed by atoms with van der Waals surface area (Å²) in [6.07, 6.45) is -2.65. The fraction of sp³-hybridized carbons (Fsp3) is 0.200. The molecular formula is C20H16F3N3O5. The van der Waals surface area contributed by atoms with Crippen LogP contribution in [0, 0.1) is 10.1 Å². The number of carbonyl (C=O) groups is 2. The lowest BCUT2D eigenvalue weighted by atomic mass is 10.1. The molecule has 11 heteroatoms. The Morgan fingerprint density at radius 2 is 1.84 bits per heavy atom. The van der Waals surface area contributed by atoms with Gasteiger partial charge in [0.2, 0.25) is 5.75 Å². The molecule has 0 saturated carbocycles. The minimum atomic E-state index is -4.72. The number of urea groups is 1. The van der Waals surface area contributed by atoms with Gasteiger partial charge in [-0.25, -0.2) is 4.79 Å². The number of nitro groups is 1. The highest BCUT2D eigenvalue weighted by molar-refractivity contribution is 6.13. The Hall–Kier alpha value is -3.89. The van der Waals surface area contributed by atoms with E-state index >= 15 is 0 Å². The number of nitro benzene ring substituents is 1. The lowest BCUT2D eigenvalue weighted by Gasteiger charge is -2.10. The zero-order valence-corrected chi connectivity index (χ0v) is 16.1. The molecule has 1 N–H and O–H groups in total. The van der Waals surface area contributed by atoms with Crippen LogP contribution in [0.1, 0.15) is 24.5 Å². The second-order valence-electron chi connectivity index (χ2n) is 6.55. The summed E-state index contributed by atoms with van der Waals surface area (Å²) in [6, 6.07) is 7.39. The van der Waals surface area contributed by atoms with E-state index in [2.05, 4.69) is 5.32 Å². The van der Waals surface area contributed by atoms with Crippen LogP contribution in [0.4, 0.5) is 23.7 Å². The summed E-state index contributed by atoms with van der Waals surface area (Å²) < 4.78 is 43.8. The number of hydrogen-bond donors (Lipinski definition) is 1. The normalized spacial score (nSPS) is 15.4. The number of carbonyl (C=O) groups excluding carboxylic acids is 2. The standard InChI is InChI=1S/C20H16F3N3O5/c1-2-9-25-18(27)15(24-19(25)28)10-12-3-6-14(7-4-12)31-17-8-5-13(20(21,22)23)11-16(17)26(29)30/h3-8,10-11H,2,9H2,1H3,(H,24,28)/b15-10+. The zero-order chi connectivity index (χ0) is 22.8. The summed E-state index contributed by atoms with van der Waals surface area (Å²) in [5, 5.41) is 13.6. The Labute approximate surface area is 174 Å². The number of halogens is 3. The van der Waals surface area contributed by atoms with E-state index < -0.39 is 34.3 Å². The van der Waals surface area contributed by atoms with Gasteiger partial charge in [0.15, 0.2) is 0 Å². The summed E-state index contributed by atoms with van der Waals surface area (Å²) in [5.74, 6) is -0.662. The van der Waals surface area contributed by atoms with Crippen LogP contribution in [-0.4, -0.2) is 28.3 Å². The van der Waals surface area contributed by atoms with Crippen LogP contribution < -0.4 is 10.1 Å². The molecule has 1 aliphatic rings. The van der Waals surface area contributed by atoms with Crippen molar-refractivity contribution in [3.63, 3.8) is 0 Å². The maximum atomic E-state index is 12.8. The van der Waals surface area contributed by atoms with Crippen LogP contribution in [0.3, 0.4) is 0 Å². The van der Waals surface area contributed by atoms with E-state index in [-0.39, 0.29) is 17.2 Å². The first-order valence-corrected chi connectivity index (χ1v) is 9.08. The molecule has 0 radical (unpaired) electrons. The van der Waals surface area contributed by atoms with E-state index in [9.17, 15) is 32.9 Å². The molecule has 0 unspecified atom stereocenters. The van der Waals surface area contributed by atoms with E-state index in [0.29, 0.717) is 30.7 Å². The average Bonchev–Trinajstić information content (AvgIpc) is 2.96. The van der Waals surface area contributed by atoms with Crippen molar-refractivity contribution in [2.75, 3.05) is 6.54 Å². The minimum Gasteiger partial charge on any atom is -0.450 e. The van der Waals surface area contributed by atoms with Gasteiger partial charge in [-0.3, -0.25) is 19.8 Å². The third-order valence-corrected chi connectivity index (χ3v) is 4.31. The van der Waals surface area contributed by atoms with Gasteiger partial charge in [0, 0.05) is 12.6 Å². The van der Waals surface area contributed by atoms with E-state index in [1.807, 2.05) is 6.92 Å². The second-order valence-corrected chi connectivity index (χ2v) is 6.55. The van der Waals surface area contributed by atoms with Crippen LogP contribution in [0.2, 0.25) is 0 Å². The number of alkyl halides is 3. The first kappa shape index (κ1) is 21.8. The van der Waals surface area contributed by atoms with Crippen molar-refractivity contribution in [1.82, 2.24) is 10.2 Å². The molecule has 0 aliphatic carbocycles. The van der Waals surface area contributed by atoms with E-state index in [1.165, 1.54) is 30.3 Å². The Morgan fingerprint density at radius 3 is 2.42 bits per heavy atom. The number of nitrogens with zero attached hydrogens (tertiary/aromatic N) is 2. The lowest BCUT2D eigenvalue weighted by molar-refractivity contribution is -0.385. The van der Waals surface area contributed by atoms with Crippen molar-refractivity contribution in [1.29, 1.82) is 0 Å². The molecule has 1 heterocycles. The van der Waals surface area contributed by atoms with Crippen LogP contribution in [0.5, 0.6) is 11.5 Å². The third-order valence-electron chi connectivity index (χ3n) is 4.31. The van der Waals surface area contributed by atoms with Crippen molar-refractivity contribution in [3.05, 3.63) is 69.4 Å². The van der Waals surface area contributed by atoms with E-state index in [4.69, 9.17) is 4.74 Å². The number of nitrogens with one attached hydrogen (secondary N) is 1. The molecule has 1 fully saturated rings. The zero-order valence-electron chi connectivity index (χ0n) is 16.1. The Kier molecular flexibility index (Phi) is 5.95. The summed E-state index contributed by atoms with van der Waals surface area (Å²) in [7, 11) is 0. The highest BCUT2D eigenvalue weighted by Crippen LogP contribution is 2.37. The lowest BCUT2D eigenvalue weighted by Crippen LogP contribution is -2.31. The molecule has 0 atom stereocenters. The summed E-state index contributed by atoms with van der Waals surface area (Å²) in [4.78, 5) is 35.3. The van der Waals surface area contributed by atoms with Gasteiger partial charge in [0.25, 0.3) is 5.91 Å². The molecule has 0 bridgehead atoms. The van der Waals surface area contributed by atoms with Gasteiger partial charge in [-0.2, -0.15) is 13.2 Å². The van der Waals surface area contributed by atoms with Crippen LogP contribution in [0.15, 0.2) is 48.2 Å². The van der Waals surface area contributed by atoms with Gasteiger partial charge in [-0.05, 0) is 42.3 Å². The molecule has 2 aromatic carbocycles. The second kappa shape index (κ2) is 8.46. The number of ether oxygens (including phenoxy) is 1. The fourth-order valence-electron chi connectivity index (χ4n) is 2.85. The van der Waals surface area contributed by atoms with Crippen molar-refractivity contribution >= 4 is 23.7 Å². The summed E-state index contributed by atoms with van der Waals surface area (Å²) in [6.45, 7) is 2.13. The van der Waals surface area contributed by atoms with Crippen molar-refractivity contribution < 1.29 is 32.4 Å². The predicted octanol–water partition coefficient (Wildman–Crippen LogP) is 4.71. The van der Waals surface area contributed by atoms with E-state index in [1.54, 1.807) is 0 Å².